The van der Waals surface area contributed by atoms with Crippen LogP contribution in [0, 0.1) is 0 Å². The second kappa shape index (κ2) is 4.93. The lowest BCUT2D eigenvalue weighted by Crippen LogP contribution is -2.06. The molecule has 0 aliphatic heterocycles. The van der Waals surface area contributed by atoms with Gasteiger partial charge in [0.2, 0.25) is 0 Å². The molecule has 1 aromatic carbocycles. The third-order valence-corrected chi connectivity index (χ3v) is 3.69. The van der Waals surface area contributed by atoms with Crippen molar-refractivity contribution in [1.82, 2.24) is 0 Å². The van der Waals surface area contributed by atoms with Crippen LogP contribution in [0.4, 0.5) is 0 Å². The molecule has 4 nitrogen and oxygen atoms in total. The minimum absolute atomic E-state index is 0.0222. The fraction of sp³-hybridized carbons (Fsp3) is 0.300. The summed E-state index contributed by atoms with van der Waals surface area (Å²) in [5, 5.41) is 0. The number of benzene rings is 1. The van der Waals surface area contributed by atoms with Crippen molar-refractivity contribution in [2.45, 2.75) is 11.3 Å². The summed E-state index contributed by atoms with van der Waals surface area (Å²) in [6, 6.07) is 6.10. The van der Waals surface area contributed by atoms with Crippen molar-refractivity contribution in [3.63, 3.8) is 0 Å². The number of hydrogen-bond acceptors (Lipinski definition) is 4. The van der Waals surface area contributed by atoms with Crippen molar-refractivity contribution >= 4 is 16.1 Å². The van der Waals surface area contributed by atoms with E-state index in [-0.39, 0.29) is 17.1 Å². The Labute approximate surface area is 88.8 Å². The Morgan fingerprint density at radius 2 is 1.87 bits per heavy atom. The molecule has 0 spiro atoms. The van der Waals surface area contributed by atoms with Crippen LogP contribution in [0.25, 0.3) is 0 Å². The fourth-order valence-corrected chi connectivity index (χ4v) is 2.30. The summed E-state index contributed by atoms with van der Waals surface area (Å²) in [4.78, 5) is 10.3. The molecule has 15 heavy (non-hydrogen) atoms. The van der Waals surface area contributed by atoms with Crippen molar-refractivity contribution < 1.29 is 17.9 Å². The summed E-state index contributed by atoms with van der Waals surface area (Å²) in [6.45, 7) is 0. The summed E-state index contributed by atoms with van der Waals surface area (Å²) in [6.07, 6.45) is 0.620. The molecule has 0 fully saturated rings. The van der Waals surface area contributed by atoms with Gasteiger partial charge in [-0.25, -0.2) is 8.42 Å². The van der Waals surface area contributed by atoms with Crippen LogP contribution in [0.3, 0.4) is 0 Å². The van der Waals surface area contributed by atoms with Crippen LogP contribution in [0.5, 0.6) is 5.75 Å². The third kappa shape index (κ3) is 3.06. The van der Waals surface area contributed by atoms with E-state index in [1.165, 1.54) is 19.2 Å². The van der Waals surface area contributed by atoms with Gasteiger partial charge in [0.1, 0.15) is 12.0 Å². The zero-order chi connectivity index (χ0) is 11.3. The predicted octanol–water partition coefficient (Wildman–Crippen LogP) is 1.06. The number of sulfone groups is 1. The Morgan fingerprint density at radius 3 is 2.33 bits per heavy atom. The highest BCUT2D eigenvalue weighted by atomic mass is 32.2. The SMILES string of the molecule is COc1ccc(S(=O)(=O)CCC=O)cc1. The number of methoxy groups -OCH3 is 1. The van der Waals surface area contributed by atoms with E-state index in [1.54, 1.807) is 12.1 Å². The summed E-state index contributed by atoms with van der Waals surface area (Å²) in [7, 11) is -1.82. The standard InChI is InChI=1S/C10H12O4S/c1-14-9-3-5-10(6-4-9)15(12,13)8-2-7-11/h3-7H,2,8H2,1H3. The van der Waals surface area contributed by atoms with E-state index in [2.05, 4.69) is 0 Å². The minimum atomic E-state index is -3.33. The van der Waals surface area contributed by atoms with Crippen LogP contribution in [0.15, 0.2) is 29.2 Å². The summed E-state index contributed by atoms with van der Waals surface area (Å²) in [5.41, 5.74) is 0. The van der Waals surface area contributed by atoms with Crippen LogP contribution >= 0.6 is 0 Å². The highest BCUT2D eigenvalue weighted by Gasteiger charge is 2.13. The first-order chi connectivity index (χ1) is 7.10. The maximum absolute atomic E-state index is 11.6. The molecule has 0 aliphatic rings. The van der Waals surface area contributed by atoms with Gasteiger partial charge in [0, 0.05) is 6.42 Å². The van der Waals surface area contributed by atoms with Crippen molar-refractivity contribution in [1.29, 1.82) is 0 Å². The second-order valence-corrected chi connectivity index (χ2v) is 5.06. The van der Waals surface area contributed by atoms with Gasteiger partial charge in [-0.3, -0.25) is 0 Å². The zero-order valence-corrected chi connectivity index (χ0v) is 9.16. The quantitative estimate of drug-likeness (QED) is 0.707. The Hall–Kier alpha value is -1.36. The van der Waals surface area contributed by atoms with Crippen molar-refractivity contribution in [2.75, 3.05) is 12.9 Å². The molecule has 1 rings (SSSR count). The van der Waals surface area contributed by atoms with Gasteiger partial charge in [-0.05, 0) is 24.3 Å². The molecular formula is C10H12O4S. The van der Waals surface area contributed by atoms with Crippen LogP contribution in [-0.2, 0) is 14.6 Å². The zero-order valence-electron chi connectivity index (χ0n) is 8.34. The van der Waals surface area contributed by atoms with E-state index in [9.17, 15) is 13.2 Å². The normalized spacial score (nSPS) is 11.0. The van der Waals surface area contributed by atoms with Gasteiger partial charge in [-0.15, -0.1) is 0 Å². The van der Waals surface area contributed by atoms with E-state index in [0.717, 1.165) is 0 Å². The molecule has 0 bridgehead atoms. The first-order valence-corrected chi connectivity index (χ1v) is 6.06. The molecule has 0 N–H and O–H groups in total. The van der Waals surface area contributed by atoms with E-state index in [1.807, 2.05) is 0 Å². The molecule has 0 heterocycles. The Bertz CT molecular complexity index is 419. The first kappa shape index (κ1) is 11.7. The van der Waals surface area contributed by atoms with Gasteiger partial charge in [0.15, 0.2) is 9.84 Å². The monoisotopic (exact) mass is 228 g/mol. The van der Waals surface area contributed by atoms with E-state index < -0.39 is 9.84 Å². The Kier molecular flexibility index (Phi) is 3.85. The van der Waals surface area contributed by atoms with E-state index in [4.69, 9.17) is 4.74 Å². The number of ether oxygens (including phenoxy) is 1. The molecule has 0 aromatic heterocycles. The molecular weight excluding hydrogens is 216 g/mol. The van der Waals surface area contributed by atoms with Crippen molar-refractivity contribution in [3.8, 4) is 5.75 Å². The summed E-state index contributed by atoms with van der Waals surface area (Å²) >= 11 is 0. The van der Waals surface area contributed by atoms with E-state index in [0.29, 0.717) is 12.0 Å². The fourth-order valence-electron chi connectivity index (χ4n) is 1.10. The molecule has 0 saturated carbocycles. The van der Waals surface area contributed by atoms with Gasteiger partial charge in [-0.2, -0.15) is 0 Å². The molecule has 0 saturated heterocycles. The smallest absolute Gasteiger partial charge is 0.178 e. The summed E-state index contributed by atoms with van der Waals surface area (Å²) in [5.74, 6) is 0.451. The molecule has 5 heteroatoms. The largest absolute Gasteiger partial charge is 0.497 e. The molecule has 0 aliphatic carbocycles. The van der Waals surface area contributed by atoms with E-state index >= 15 is 0 Å². The average molecular weight is 228 g/mol. The maximum Gasteiger partial charge on any atom is 0.178 e. The van der Waals surface area contributed by atoms with Gasteiger partial charge >= 0.3 is 0 Å². The second-order valence-electron chi connectivity index (χ2n) is 2.95. The molecule has 0 amide bonds. The van der Waals surface area contributed by atoms with Crippen LogP contribution in [0.2, 0.25) is 0 Å². The van der Waals surface area contributed by atoms with Gasteiger partial charge < -0.3 is 9.53 Å². The van der Waals surface area contributed by atoms with Crippen LogP contribution < -0.4 is 4.74 Å². The van der Waals surface area contributed by atoms with Crippen LogP contribution in [-0.4, -0.2) is 27.6 Å². The minimum Gasteiger partial charge on any atom is -0.497 e. The molecule has 0 radical (unpaired) electrons. The van der Waals surface area contributed by atoms with Crippen molar-refractivity contribution in [2.24, 2.45) is 0 Å². The number of carbonyl (C=O) groups is 1. The van der Waals surface area contributed by atoms with Crippen molar-refractivity contribution in [3.05, 3.63) is 24.3 Å². The Balaban J connectivity index is 2.90. The van der Waals surface area contributed by atoms with Gasteiger partial charge in [0.25, 0.3) is 0 Å². The summed E-state index contributed by atoms with van der Waals surface area (Å²) < 4.78 is 28.1. The lowest BCUT2D eigenvalue weighted by atomic mass is 10.3. The highest BCUT2D eigenvalue weighted by Crippen LogP contribution is 2.16. The maximum atomic E-state index is 11.6. The lowest BCUT2D eigenvalue weighted by molar-refractivity contribution is -0.107. The van der Waals surface area contributed by atoms with Crippen LogP contribution in [0.1, 0.15) is 6.42 Å². The Morgan fingerprint density at radius 1 is 1.27 bits per heavy atom. The molecule has 0 atom stereocenters. The number of carbonyl (C=O) groups excluding carboxylic acids is 1. The average Bonchev–Trinajstić information content (AvgIpc) is 2.26. The number of rotatable bonds is 5. The van der Waals surface area contributed by atoms with Gasteiger partial charge in [0.05, 0.1) is 17.8 Å². The predicted molar refractivity (Wildman–Crippen MR) is 55.7 cm³/mol. The highest BCUT2D eigenvalue weighted by molar-refractivity contribution is 7.91. The molecule has 0 unspecified atom stereocenters. The molecule has 82 valence electrons. The van der Waals surface area contributed by atoms with Gasteiger partial charge in [-0.1, -0.05) is 0 Å². The molecule has 1 aromatic rings. The topological polar surface area (TPSA) is 60.4 Å². The first-order valence-electron chi connectivity index (χ1n) is 4.40. The number of aldehydes is 1. The number of hydrogen-bond donors (Lipinski definition) is 0. The lowest BCUT2D eigenvalue weighted by Gasteiger charge is -2.03. The third-order valence-electron chi connectivity index (χ3n) is 1.92.